The van der Waals surface area contributed by atoms with Crippen LogP contribution in [0.15, 0.2) is 58.1 Å². The van der Waals surface area contributed by atoms with E-state index in [-0.39, 0.29) is 21.8 Å². The fraction of sp³-hybridized carbons (Fsp3) is 0.217. The highest BCUT2D eigenvalue weighted by atomic mass is 16.5. The summed E-state index contributed by atoms with van der Waals surface area (Å²) in [5.74, 6) is 1.50. The third-order valence-electron chi connectivity index (χ3n) is 4.37. The minimum atomic E-state index is -0.369. The summed E-state index contributed by atoms with van der Waals surface area (Å²) >= 11 is 0. The van der Waals surface area contributed by atoms with Gasteiger partial charge in [0, 0.05) is 0 Å². The molecule has 1 heterocycles. The minimum absolute atomic E-state index is 0.192. The Labute approximate surface area is 168 Å². The van der Waals surface area contributed by atoms with Crippen molar-refractivity contribution >= 4 is 12.2 Å². The Morgan fingerprint density at radius 2 is 1.28 bits per heavy atom. The lowest BCUT2D eigenvalue weighted by molar-refractivity contribution is 0.309. The van der Waals surface area contributed by atoms with Gasteiger partial charge in [0.25, 0.3) is 11.1 Å². The van der Waals surface area contributed by atoms with Crippen LogP contribution >= 0.6 is 0 Å². The van der Waals surface area contributed by atoms with Crippen LogP contribution < -0.4 is 31.3 Å². The summed E-state index contributed by atoms with van der Waals surface area (Å²) in [6.45, 7) is 2.79. The predicted molar refractivity (Wildman–Crippen MR) is 114 cm³/mol. The molecule has 2 N–H and O–H groups in total. The zero-order chi connectivity index (χ0) is 20.6. The number of nitrogens with one attached hydrogen (secondary N) is 2. The fourth-order valence-electron chi connectivity index (χ4n) is 2.72. The second-order valence-corrected chi connectivity index (χ2v) is 6.57. The number of aromatic nitrogens is 2. The number of hydrogen-bond acceptors (Lipinski definition) is 4. The van der Waals surface area contributed by atoms with Crippen LogP contribution in [0.4, 0.5) is 0 Å². The van der Waals surface area contributed by atoms with E-state index in [4.69, 9.17) is 9.47 Å². The highest BCUT2D eigenvalue weighted by molar-refractivity contribution is 5.51. The molecular weight excluding hydrogens is 368 g/mol. The first-order chi connectivity index (χ1) is 14.1. The zero-order valence-electron chi connectivity index (χ0n) is 16.5. The molecule has 6 nitrogen and oxygen atoms in total. The molecular formula is C23H24N2O4. The van der Waals surface area contributed by atoms with E-state index in [1.54, 1.807) is 43.5 Å². The van der Waals surface area contributed by atoms with Gasteiger partial charge in [-0.2, -0.15) is 0 Å². The summed E-state index contributed by atoms with van der Waals surface area (Å²) in [5, 5.41) is 0.388. The summed E-state index contributed by atoms with van der Waals surface area (Å²) in [4.78, 5) is 30.1. The largest absolute Gasteiger partial charge is 0.497 e. The van der Waals surface area contributed by atoms with E-state index >= 15 is 0 Å². The lowest BCUT2D eigenvalue weighted by Crippen LogP contribution is -2.46. The Hall–Kier alpha value is -3.54. The summed E-state index contributed by atoms with van der Waals surface area (Å²) in [7, 11) is 1.59. The quantitative estimate of drug-likeness (QED) is 0.602. The van der Waals surface area contributed by atoms with Gasteiger partial charge in [-0.05, 0) is 54.0 Å². The second kappa shape index (κ2) is 9.59. The van der Waals surface area contributed by atoms with Crippen molar-refractivity contribution in [3.05, 3.63) is 91.1 Å². The van der Waals surface area contributed by atoms with Gasteiger partial charge in [-0.3, -0.25) is 9.59 Å². The average Bonchev–Trinajstić information content (AvgIpc) is 2.73. The van der Waals surface area contributed by atoms with E-state index in [1.165, 1.54) is 0 Å². The smallest absolute Gasteiger partial charge is 0.272 e. The molecule has 0 saturated heterocycles. The van der Waals surface area contributed by atoms with E-state index in [0.717, 1.165) is 35.5 Å². The Morgan fingerprint density at radius 3 is 1.72 bits per heavy atom. The maximum atomic E-state index is 12.4. The van der Waals surface area contributed by atoms with Gasteiger partial charge in [-0.15, -0.1) is 0 Å². The molecule has 150 valence electrons. The van der Waals surface area contributed by atoms with Gasteiger partial charge in [-0.1, -0.05) is 37.6 Å². The molecule has 1 aromatic heterocycles. The van der Waals surface area contributed by atoms with Crippen LogP contribution in [0.3, 0.4) is 0 Å². The molecule has 2 aromatic carbocycles. The van der Waals surface area contributed by atoms with Crippen LogP contribution in [0.1, 0.15) is 30.9 Å². The lowest BCUT2D eigenvalue weighted by Gasteiger charge is -2.04. The Bertz CT molecular complexity index is 1170. The van der Waals surface area contributed by atoms with Crippen LogP contribution in [-0.2, 0) is 0 Å². The van der Waals surface area contributed by atoms with Gasteiger partial charge < -0.3 is 19.4 Å². The summed E-state index contributed by atoms with van der Waals surface area (Å²) in [5.41, 5.74) is 0.835. The van der Waals surface area contributed by atoms with E-state index in [9.17, 15) is 9.59 Å². The third kappa shape index (κ3) is 5.48. The molecule has 0 aliphatic carbocycles. The van der Waals surface area contributed by atoms with Crippen molar-refractivity contribution in [1.29, 1.82) is 0 Å². The van der Waals surface area contributed by atoms with Crippen LogP contribution in [0.5, 0.6) is 11.5 Å². The minimum Gasteiger partial charge on any atom is -0.497 e. The van der Waals surface area contributed by atoms with Crippen molar-refractivity contribution in [3.8, 4) is 11.5 Å². The summed E-state index contributed by atoms with van der Waals surface area (Å²) in [6, 6.07) is 14.6. The highest BCUT2D eigenvalue weighted by Gasteiger charge is 1.99. The second-order valence-electron chi connectivity index (χ2n) is 6.57. The summed E-state index contributed by atoms with van der Waals surface area (Å²) in [6.07, 6.45) is 5.33. The van der Waals surface area contributed by atoms with E-state index in [0.29, 0.717) is 6.61 Å². The molecule has 0 spiro atoms. The molecule has 6 heteroatoms. The van der Waals surface area contributed by atoms with E-state index in [1.807, 2.05) is 24.3 Å². The predicted octanol–water partition coefficient (Wildman–Crippen LogP) is 1.91. The van der Waals surface area contributed by atoms with Gasteiger partial charge in [0.15, 0.2) is 0 Å². The molecule has 0 amide bonds. The number of benzene rings is 2. The molecule has 0 atom stereocenters. The molecule has 0 saturated carbocycles. The molecule has 0 aliphatic heterocycles. The molecule has 0 radical (unpaired) electrons. The first-order valence-corrected chi connectivity index (χ1v) is 9.52. The van der Waals surface area contributed by atoms with Crippen LogP contribution in [0, 0.1) is 0 Å². The number of unbranched alkanes of at least 4 members (excludes halogenated alkanes) is 1. The molecule has 3 rings (SSSR count). The fourth-order valence-corrected chi connectivity index (χ4v) is 2.72. The van der Waals surface area contributed by atoms with Gasteiger partial charge in [-0.25, -0.2) is 0 Å². The van der Waals surface area contributed by atoms with Gasteiger partial charge >= 0.3 is 0 Å². The number of methoxy groups -OCH3 is 1. The summed E-state index contributed by atoms with van der Waals surface area (Å²) < 4.78 is 10.7. The first-order valence-electron chi connectivity index (χ1n) is 9.52. The molecule has 3 aromatic rings. The van der Waals surface area contributed by atoms with Crippen molar-refractivity contribution in [3.63, 3.8) is 0 Å². The van der Waals surface area contributed by atoms with Gasteiger partial charge in [0.2, 0.25) is 0 Å². The molecule has 0 fully saturated rings. The van der Waals surface area contributed by atoms with E-state index < -0.39 is 0 Å². The van der Waals surface area contributed by atoms with Gasteiger partial charge in [0.1, 0.15) is 22.2 Å². The van der Waals surface area contributed by atoms with E-state index in [2.05, 4.69) is 16.9 Å². The normalized spacial score (nSPS) is 12.2. The number of hydrogen-bond donors (Lipinski definition) is 2. The number of H-pyrrole nitrogens is 2. The van der Waals surface area contributed by atoms with Crippen molar-refractivity contribution in [2.24, 2.45) is 0 Å². The topological polar surface area (TPSA) is 84.2 Å². The Morgan fingerprint density at radius 1 is 0.793 bits per heavy atom. The molecule has 29 heavy (non-hydrogen) atoms. The SMILES string of the molecule is CCCCOc1ccc(/C=c2/[nH]c(=O)/c(=C\c3ccc(OC)cc3)[nH]c2=O)cc1. The maximum absolute atomic E-state index is 12.4. The lowest BCUT2D eigenvalue weighted by atomic mass is 10.2. The standard InChI is InChI=1S/C23H24N2O4/c1-3-4-13-29-19-11-7-17(8-12-19)15-21-23(27)24-20(22(26)25-21)14-16-5-9-18(28-2)10-6-16/h5-12,14-15H,3-4,13H2,1-2H3,(H,24,27)(H,25,26)/b20-14+,21-15+. The van der Waals surface area contributed by atoms with Crippen LogP contribution in [-0.4, -0.2) is 23.7 Å². The molecule has 0 unspecified atom stereocenters. The molecule has 0 bridgehead atoms. The van der Waals surface area contributed by atoms with Gasteiger partial charge in [0.05, 0.1) is 13.7 Å². The number of ether oxygens (including phenoxy) is 2. The number of rotatable bonds is 7. The maximum Gasteiger partial charge on any atom is 0.272 e. The van der Waals surface area contributed by atoms with Crippen LogP contribution in [0.2, 0.25) is 0 Å². The van der Waals surface area contributed by atoms with Crippen molar-refractivity contribution < 1.29 is 9.47 Å². The zero-order valence-corrected chi connectivity index (χ0v) is 16.5. The van der Waals surface area contributed by atoms with Crippen molar-refractivity contribution in [1.82, 2.24) is 9.97 Å². The molecule has 0 aliphatic rings. The Balaban J connectivity index is 1.87. The highest BCUT2D eigenvalue weighted by Crippen LogP contribution is 2.13. The monoisotopic (exact) mass is 392 g/mol. The van der Waals surface area contributed by atoms with Crippen LogP contribution in [0.25, 0.3) is 12.2 Å². The van der Waals surface area contributed by atoms with Crippen molar-refractivity contribution in [2.45, 2.75) is 19.8 Å². The van der Waals surface area contributed by atoms with Crippen molar-refractivity contribution in [2.75, 3.05) is 13.7 Å². The Kier molecular flexibility index (Phi) is 6.68. The number of aromatic amines is 2. The third-order valence-corrected chi connectivity index (χ3v) is 4.37. The first kappa shape index (κ1) is 20.2. The average molecular weight is 392 g/mol.